The quantitative estimate of drug-likeness (QED) is 0.0694. The molecule has 0 saturated heterocycles. The summed E-state index contributed by atoms with van der Waals surface area (Å²) in [6.45, 7) is 13.8. The van der Waals surface area contributed by atoms with Gasteiger partial charge in [0.2, 0.25) is 0 Å². The molecule has 46 heavy (non-hydrogen) atoms. The number of rotatable bonds is 27. The summed E-state index contributed by atoms with van der Waals surface area (Å²) in [6, 6.07) is 14.5. The lowest BCUT2D eigenvalue weighted by Crippen LogP contribution is -2.14. The highest BCUT2D eigenvalue weighted by Crippen LogP contribution is 2.26. The normalized spacial score (nSPS) is 12.3. The van der Waals surface area contributed by atoms with Crippen molar-refractivity contribution in [3.63, 3.8) is 0 Å². The number of benzene rings is 2. The third kappa shape index (κ3) is 17.1. The van der Waals surface area contributed by atoms with Gasteiger partial charge < -0.3 is 0 Å². The summed E-state index contributed by atoms with van der Waals surface area (Å²) in [4.78, 5) is 11.1. The summed E-state index contributed by atoms with van der Waals surface area (Å²) < 4.78 is 0. The molecule has 2 heteroatoms. The predicted molar refractivity (Wildman–Crippen MR) is 208 cm³/mol. The third-order valence-corrected chi connectivity index (χ3v) is 9.25. The van der Waals surface area contributed by atoms with Crippen LogP contribution in [0.4, 0.5) is 11.4 Å². The Morgan fingerprint density at radius 1 is 0.348 bits per heavy atom. The minimum atomic E-state index is 1.01. The molecule has 0 aliphatic heterocycles. The Bertz CT molecular complexity index is 1070. The molecular formula is C44H72N2. The summed E-state index contributed by atoms with van der Waals surface area (Å²) in [5.41, 5.74) is 10.6. The lowest BCUT2D eigenvalue weighted by molar-refractivity contribution is 0.683. The average molecular weight is 629 g/mol. The van der Waals surface area contributed by atoms with E-state index in [0.29, 0.717) is 0 Å². The Kier molecular flexibility index (Phi) is 22.4. The van der Waals surface area contributed by atoms with Gasteiger partial charge in [-0.3, -0.25) is 9.98 Å². The molecule has 0 saturated carbocycles. The second-order valence-electron chi connectivity index (χ2n) is 13.9. The van der Waals surface area contributed by atoms with E-state index in [1.54, 1.807) is 0 Å². The first-order chi connectivity index (χ1) is 22.6. The van der Waals surface area contributed by atoms with Crippen LogP contribution >= 0.6 is 0 Å². The molecule has 0 aromatic heterocycles. The Hall–Kier alpha value is -2.22. The van der Waals surface area contributed by atoms with Gasteiger partial charge in [-0.15, -0.1) is 0 Å². The van der Waals surface area contributed by atoms with Crippen LogP contribution in [0.2, 0.25) is 0 Å². The van der Waals surface area contributed by atoms with Crippen LogP contribution in [0.15, 0.2) is 46.4 Å². The monoisotopic (exact) mass is 629 g/mol. The smallest absolute Gasteiger partial charge is 0.0639 e. The van der Waals surface area contributed by atoms with E-state index in [9.17, 15) is 0 Å². The van der Waals surface area contributed by atoms with Gasteiger partial charge in [0.05, 0.1) is 22.8 Å². The fourth-order valence-corrected chi connectivity index (χ4v) is 6.41. The van der Waals surface area contributed by atoms with Crippen LogP contribution < -0.4 is 0 Å². The van der Waals surface area contributed by atoms with Gasteiger partial charge in [0.1, 0.15) is 0 Å². The lowest BCUT2D eigenvalue weighted by atomic mass is 9.98. The van der Waals surface area contributed by atoms with Crippen molar-refractivity contribution in [2.75, 3.05) is 0 Å². The maximum absolute atomic E-state index is 5.54. The highest BCUT2D eigenvalue weighted by molar-refractivity contribution is 6.43. The van der Waals surface area contributed by atoms with Gasteiger partial charge >= 0.3 is 0 Å². The number of aryl methyl sites for hydroxylation is 4. The highest BCUT2D eigenvalue weighted by atomic mass is 14.8. The third-order valence-electron chi connectivity index (χ3n) is 9.25. The van der Waals surface area contributed by atoms with E-state index in [4.69, 9.17) is 9.98 Å². The maximum Gasteiger partial charge on any atom is 0.0639 e. The molecule has 0 spiro atoms. The van der Waals surface area contributed by atoms with Crippen LogP contribution in [-0.4, -0.2) is 11.4 Å². The molecule has 0 amide bonds. The van der Waals surface area contributed by atoms with Crippen molar-refractivity contribution in [3.8, 4) is 0 Å². The van der Waals surface area contributed by atoms with E-state index < -0.39 is 0 Å². The Morgan fingerprint density at radius 3 is 0.978 bits per heavy atom. The second kappa shape index (κ2) is 25.8. The molecule has 0 heterocycles. The van der Waals surface area contributed by atoms with Crippen molar-refractivity contribution >= 4 is 22.8 Å². The van der Waals surface area contributed by atoms with Gasteiger partial charge in [0.15, 0.2) is 0 Å². The summed E-state index contributed by atoms with van der Waals surface area (Å²) in [6.07, 6.45) is 29.3. The summed E-state index contributed by atoms with van der Waals surface area (Å²) >= 11 is 0. The van der Waals surface area contributed by atoms with Crippen molar-refractivity contribution < 1.29 is 0 Å². The fraction of sp³-hybridized carbons (Fsp3) is 0.682. The van der Waals surface area contributed by atoms with Crippen molar-refractivity contribution in [1.82, 2.24) is 0 Å². The van der Waals surface area contributed by atoms with Gasteiger partial charge in [-0.05, 0) is 124 Å². The zero-order valence-electron chi connectivity index (χ0n) is 31.3. The SMILES string of the molecule is CCCCCCC(=Nc1cc(CCCCC)cc(CCCCC)c1)C(CCCC)=Nc1cc(CCCCC)cc(CCCCC)c1. The first-order valence-electron chi connectivity index (χ1n) is 20.0. The standard InChI is InChI=1S/C44H72N2/c1-7-13-19-24-30-44(46-42-35-39(27-22-16-10-4)32-40(36-42)28-23-17-11-5)43(29-18-12-6)45-41-33-37(25-20-14-8-2)31-38(34-41)26-21-15-9-3/h31-36H,7-30H2,1-6H3. The maximum atomic E-state index is 5.54. The molecule has 0 fully saturated rings. The molecule has 0 aliphatic rings. The number of nitrogens with zero attached hydrogens (tertiary/aromatic N) is 2. The van der Waals surface area contributed by atoms with E-state index in [2.05, 4.69) is 77.9 Å². The van der Waals surface area contributed by atoms with E-state index in [-0.39, 0.29) is 0 Å². The van der Waals surface area contributed by atoms with Crippen LogP contribution in [0.25, 0.3) is 0 Å². The molecule has 2 aromatic rings. The van der Waals surface area contributed by atoms with Gasteiger partial charge in [0, 0.05) is 0 Å². The van der Waals surface area contributed by atoms with Crippen molar-refractivity contribution in [2.45, 2.75) is 196 Å². The zero-order valence-corrected chi connectivity index (χ0v) is 31.3. The molecule has 2 nitrogen and oxygen atoms in total. The Morgan fingerprint density at radius 2 is 0.652 bits per heavy atom. The number of unbranched alkanes of at least 4 members (excludes halogenated alkanes) is 12. The van der Waals surface area contributed by atoms with E-state index in [1.807, 2.05) is 0 Å². The molecule has 258 valence electrons. The molecule has 0 bridgehead atoms. The van der Waals surface area contributed by atoms with Crippen LogP contribution in [-0.2, 0) is 25.7 Å². The second-order valence-corrected chi connectivity index (χ2v) is 13.9. The van der Waals surface area contributed by atoms with Crippen LogP contribution in [0.5, 0.6) is 0 Å². The fourth-order valence-electron chi connectivity index (χ4n) is 6.41. The van der Waals surface area contributed by atoms with Crippen molar-refractivity contribution in [2.24, 2.45) is 9.98 Å². The summed E-state index contributed by atoms with van der Waals surface area (Å²) in [5, 5.41) is 0. The topological polar surface area (TPSA) is 24.7 Å². The minimum Gasteiger partial charge on any atom is -0.252 e. The molecule has 0 atom stereocenters. The minimum absolute atomic E-state index is 1.01. The largest absolute Gasteiger partial charge is 0.252 e. The zero-order chi connectivity index (χ0) is 33.2. The Balaban J connectivity index is 2.60. The highest BCUT2D eigenvalue weighted by Gasteiger charge is 2.13. The molecule has 2 aromatic carbocycles. The van der Waals surface area contributed by atoms with Gasteiger partial charge in [-0.25, -0.2) is 0 Å². The lowest BCUT2D eigenvalue weighted by Gasteiger charge is -2.14. The molecule has 0 unspecified atom stereocenters. The first kappa shape index (κ1) is 40.0. The van der Waals surface area contributed by atoms with Gasteiger partial charge in [-0.1, -0.05) is 131 Å². The van der Waals surface area contributed by atoms with Crippen molar-refractivity contribution in [3.05, 3.63) is 58.7 Å². The molecule has 0 aliphatic carbocycles. The molecule has 0 N–H and O–H groups in total. The van der Waals surface area contributed by atoms with Crippen molar-refractivity contribution in [1.29, 1.82) is 0 Å². The molecular weight excluding hydrogens is 556 g/mol. The van der Waals surface area contributed by atoms with E-state index in [1.165, 1.54) is 143 Å². The molecule has 0 radical (unpaired) electrons. The average Bonchev–Trinajstić information content (AvgIpc) is 3.05. The molecule has 2 rings (SSSR count). The predicted octanol–water partition coefficient (Wildman–Crippen LogP) is 14.6. The van der Waals surface area contributed by atoms with Crippen LogP contribution in [0.1, 0.15) is 192 Å². The van der Waals surface area contributed by atoms with E-state index in [0.717, 1.165) is 56.3 Å². The summed E-state index contributed by atoms with van der Waals surface area (Å²) in [7, 11) is 0. The van der Waals surface area contributed by atoms with E-state index >= 15 is 0 Å². The van der Waals surface area contributed by atoms with Crippen LogP contribution in [0, 0.1) is 0 Å². The number of aliphatic imine (C=N–C) groups is 2. The van der Waals surface area contributed by atoms with Gasteiger partial charge in [0.25, 0.3) is 0 Å². The number of hydrogen-bond acceptors (Lipinski definition) is 2. The summed E-state index contributed by atoms with van der Waals surface area (Å²) in [5.74, 6) is 0. The van der Waals surface area contributed by atoms with Gasteiger partial charge in [-0.2, -0.15) is 0 Å². The number of hydrogen-bond donors (Lipinski definition) is 0. The van der Waals surface area contributed by atoms with Crippen LogP contribution in [0.3, 0.4) is 0 Å². The Labute approximate surface area is 286 Å². The first-order valence-corrected chi connectivity index (χ1v) is 20.0.